The monoisotopic (exact) mass is 527 g/mol. The second-order valence-corrected chi connectivity index (χ2v) is 9.56. The Kier molecular flexibility index (Phi) is 6.57. The van der Waals surface area contributed by atoms with Crippen molar-refractivity contribution in [1.82, 2.24) is 20.7 Å². The molecule has 13 heteroatoms. The number of nitrogens with zero attached hydrogens (tertiary/aromatic N) is 3. The van der Waals surface area contributed by atoms with E-state index in [-0.39, 0.29) is 30.4 Å². The molecule has 35 heavy (non-hydrogen) atoms. The third kappa shape index (κ3) is 4.56. The number of hydroxylamine groups is 1. The van der Waals surface area contributed by atoms with Gasteiger partial charge in [-0.25, -0.2) is 22.9 Å². The summed E-state index contributed by atoms with van der Waals surface area (Å²) in [4.78, 5) is 28.8. The van der Waals surface area contributed by atoms with Gasteiger partial charge >= 0.3 is 5.97 Å². The number of aliphatic imine (C=N–C) groups is 1. The standard InChI is InChI=1S/C22H21ClF3N5O3S/c1-2-33-21(32)16-14(8-31-10-22(25,26)18-15(31)9-34-30-18)28-19(20-27-5-6-35-20)29-17(16)12-4-3-11(24)7-13(12)23/h3-7,15,17-18,30H,2,8-10H2,1H3,(H,28,29)/t15-,17-,18+/m0/s1. The number of carbonyl (C=O) groups is 1. The summed E-state index contributed by atoms with van der Waals surface area (Å²) in [6.45, 7) is 1.27. The molecule has 3 atom stereocenters. The minimum atomic E-state index is -3.02. The normalized spacial score (nSPS) is 25.9. The van der Waals surface area contributed by atoms with Crippen molar-refractivity contribution in [3.8, 4) is 0 Å². The maximum absolute atomic E-state index is 14.6. The first-order valence-corrected chi connectivity index (χ1v) is 12.1. The number of ether oxygens (including phenoxy) is 1. The van der Waals surface area contributed by atoms with Crippen LogP contribution in [0.3, 0.4) is 0 Å². The summed E-state index contributed by atoms with van der Waals surface area (Å²) < 4.78 is 48.3. The Labute approximate surface area is 207 Å². The number of fused-ring (bicyclic) bond motifs is 1. The van der Waals surface area contributed by atoms with E-state index in [0.717, 1.165) is 6.07 Å². The van der Waals surface area contributed by atoms with Crippen LogP contribution >= 0.6 is 22.9 Å². The van der Waals surface area contributed by atoms with Gasteiger partial charge < -0.3 is 10.1 Å². The van der Waals surface area contributed by atoms with Crippen molar-refractivity contribution in [2.75, 3.05) is 26.3 Å². The number of hydrogen-bond donors (Lipinski definition) is 2. The van der Waals surface area contributed by atoms with Gasteiger partial charge in [-0.3, -0.25) is 14.7 Å². The van der Waals surface area contributed by atoms with Crippen LogP contribution < -0.4 is 10.8 Å². The Morgan fingerprint density at radius 1 is 1.43 bits per heavy atom. The summed E-state index contributed by atoms with van der Waals surface area (Å²) in [5, 5.41) is 5.48. The Bertz CT molecular complexity index is 1190. The van der Waals surface area contributed by atoms with Crippen molar-refractivity contribution >= 4 is 34.7 Å². The molecule has 0 aliphatic carbocycles. The number of likely N-dealkylation sites (tertiary alicyclic amines) is 1. The van der Waals surface area contributed by atoms with Crippen LogP contribution in [0.4, 0.5) is 13.2 Å². The van der Waals surface area contributed by atoms with Crippen LogP contribution in [0, 0.1) is 5.82 Å². The van der Waals surface area contributed by atoms with Gasteiger partial charge in [-0.15, -0.1) is 11.3 Å². The van der Waals surface area contributed by atoms with E-state index in [1.54, 1.807) is 23.4 Å². The first-order chi connectivity index (χ1) is 16.8. The minimum Gasteiger partial charge on any atom is -0.463 e. The fourth-order valence-electron chi connectivity index (χ4n) is 4.51. The third-order valence-corrected chi connectivity index (χ3v) is 7.17. The van der Waals surface area contributed by atoms with Crippen LogP contribution in [0.25, 0.3) is 0 Å². The molecular weight excluding hydrogens is 507 g/mol. The van der Waals surface area contributed by atoms with E-state index in [9.17, 15) is 18.0 Å². The smallest absolute Gasteiger partial charge is 0.338 e. The molecule has 2 saturated heterocycles. The SMILES string of the molecule is CCOC(=O)C1=C(CN2CC(F)(F)[C@@H]3NOC[C@@H]32)NC(c2nccs2)=N[C@H]1c1ccc(F)cc1Cl. The summed E-state index contributed by atoms with van der Waals surface area (Å²) in [6, 6.07) is 1.08. The molecule has 0 unspecified atom stereocenters. The van der Waals surface area contributed by atoms with Crippen LogP contribution in [-0.4, -0.2) is 66.0 Å². The molecule has 2 fully saturated rings. The summed E-state index contributed by atoms with van der Waals surface area (Å²) in [7, 11) is 0. The molecule has 3 aliphatic rings. The van der Waals surface area contributed by atoms with Gasteiger partial charge in [-0.1, -0.05) is 17.7 Å². The van der Waals surface area contributed by atoms with Gasteiger partial charge in [-0.2, -0.15) is 5.48 Å². The molecule has 8 nitrogen and oxygen atoms in total. The van der Waals surface area contributed by atoms with Gasteiger partial charge in [0.2, 0.25) is 0 Å². The lowest BCUT2D eigenvalue weighted by molar-refractivity contribution is -0.139. The van der Waals surface area contributed by atoms with Crippen LogP contribution in [0.15, 0.2) is 46.0 Å². The number of thiazole rings is 1. The predicted octanol–water partition coefficient (Wildman–Crippen LogP) is 3.07. The Morgan fingerprint density at radius 3 is 2.97 bits per heavy atom. The maximum atomic E-state index is 14.6. The van der Waals surface area contributed by atoms with E-state index in [2.05, 4.69) is 20.8 Å². The highest BCUT2D eigenvalue weighted by Gasteiger charge is 2.57. The summed E-state index contributed by atoms with van der Waals surface area (Å²) in [5.41, 5.74) is 3.22. The zero-order valence-corrected chi connectivity index (χ0v) is 20.0. The van der Waals surface area contributed by atoms with Gasteiger partial charge in [0.25, 0.3) is 5.92 Å². The molecule has 0 spiro atoms. The van der Waals surface area contributed by atoms with Crippen LogP contribution in [0.2, 0.25) is 5.02 Å². The molecule has 1 aromatic carbocycles. The lowest BCUT2D eigenvalue weighted by Gasteiger charge is -2.30. The second-order valence-electron chi connectivity index (χ2n) is 8.26. The molecular formula is C22H21ClF3N5O3S. The number of benzene rings is 1. The van der Waals surface area contributed by atoms with Gasteiger partial charge in [0.15, 0.2) is 10.8 Å². The average Bonchev–Trinajstić information content (AvgIpc) is 3.54. The van der Waals surface area contributed by atoms with Gasteiger partial charge in [0.05, 0.1) is 31.4 Å². The van der Waals surface area contributed by atoms with Crippen molar-refractivity contribution in [1.29, 1.82) is 0 Å². The first kappa shape index (κ1) is 24.2. The number of amidine groups is 1. The van der Waals surface area contributed by atoms with E-state index in [4.69, 9.17) is 21.2 Å². The summed E-state index contributed by atoms with van der Waals surface area (Å²) in [6.07, 6.45) is 1.60. The number of carbonyl (C=O) groups excluding carboxylic acids is 1. The van der Waals surface area contributed by atoms with Gasteiger partial charge in [0.1, 0.15) is 17.9 Å². The molecule has 0 radical (unpaired) electrons. The minimum absolute atomic E-state index is 0.0321. The molecule has 0 bridgehead atoms. The van der Waals surface area contributed by atoms with Crippen molar-refractivity contribution < 1.29 is 27.5 Å². The zero-order chi connectivity index (χ0) is 24.7. The van der Waals surface area contributed by atoms with E-state index < -0.39 is 42.4 Å². The summed E-state index contributed by atoms with van der Waals surface area (Å²) >= 11 is 7.67. The first-order valence-electron chi connectivity index (χ1n) is 10.9. The quantitative estimate of drug-likeness (QED) is 0.558. The fraction of sp³-hybridized carbons (Fsp3) is 0.409. The number of halogens is 4. The predicted molar refractivity (Wildman–Crippen MR) is 123 cm³/mol. The number of rotatable bonds is 6. The molecule has 3 aliphatic heterocycles. The topological polar surface area (TPSA) is 88.1 Å². The van der Waals surface area contributed by atoms with Gasteiger partial charge in [-0.05, 0) is 19.1 Å². The van der Waals surface area contributed by atoms with Crippen molar-refractivity contribution in [3.05, 3.63) is 62.5 Å². The molecule has 2 aromatic rings. The average molecular weight is 528 g/mol. The zero-order valence-electron chi connectivity index (χ0n) is 18.4. The van der Waals surface area contributed by atoms with Crippen molar-refractivity contribution in [3.63, 3.8) is 0 Å². The molecule has 0 saturated carbocycles. The molecule has 5 rings (SSSR count). The molecule has 4 heterocycles. The van der Waals surface area contributed by atoms with Crippen LogP contribution in [-0.2, 0) is 14.4 Å². The fourth-order valence-corrected chi connectivity index (χ4v) is 5.37. The number of nitrogens with one attached hydrogen (secondary N) is 2. The molecule has 186 valence electrons. The highest BCUT2D eigenvalue weighted by Crippen LogP contribution is 2.39. The van der Waals surface area contributed by atoms with Crippen molar-refractivity contribution in [2.45, 2.75) is 31.0 Å². The van der Waals surface area contributed by atoms with E-state index >= 15 is 0 Å². The highest BCUT2D eigenvalue weighted by atomic mass is 35.5. The third-order valence-electron chi connectivity index (χ3n) is 6.06. The lowest BCUT2D eigenvalue weighted by atomic mass is 9.95. The van der Waals surface area contributed by atoms with Crippen molar-refractivity contribution in [2.24, 2.45) is 4.99 Å². The van der Waals surface area contributed by atoms with E-state index in [0.29, 0.717) is 22.1 Å². The van der Waals surface area contributed by atoms with Gasteiger partial charge in [0, 0.05) is 34.4 Å². The molecule has 0 amide bonds. The Morgan fingerprint density at radius 2 is 2.26 bits per heavy atom. The highest BCUT2D eigenvalue weighted by molar-refractivity contribution is 7.11. The number of alkyl halides is 2. The number of aromatic nitrogens is 1. The largest absolute Gasteiger partial charge is 0.463 e. The summed E-state index contributed by atoms with van der Waals surface area (Å²) in [5.74, 6) is -3.90. The van der Waals surface area contributed by atoms with E-state index in [1.807, 2.05) is 0 Å². The number of hydrogen-bond acceptors (Lipinski definition) is 9. The Balaban J connectivity index is 1.60. The molecule has 2 N–H and O–H groups in total. The molecule has 1 aromatic heterocycles. The second kappa shape index (κ2) is 9.51. The van der Waals surface area contributed by atoms with Crippen LogP contribution in [0.1, 0.15) is 23.5 Å². The van der Waals surface area contributed by atoms with Crippen LogP contribution in [0.5, 0.6) is 0 Å². The van der Waals surface area contributed by atoms with E-state index in [1.165, 1.54) is 23.5 Å². The number of esters is 1. The maximum Gasteiger partial charge on any atom is 0.338 e. The Hall–Kier alpha value is -2.51. The lowest BCUT2D eigenvalue weighted by Crippen LogP contribution is -2.43.